The number of carbonyl (C=O) groups excluding carboxylic acids is 2. The molecule has 0 bridgehead atoms. The maximum atomic E-state index is 14.0. The van der Waals surface area contributed by atoms with Crippen molar-refractivity contribution in [2.75, 3.05) is 38.7 Å². The molecule has 184 valence electrons. The number of aromatic nitrogens is 1. The average molecular weight is 481 g/mol. The van der Waals surface area contributed by atoms with E-state index in [1.807, 2.05) is 18.2 Å². The smallest absolute Gasteiger partial charge is 0.321 e. The molecule has 0 unspecified atom stereocenters. The third kappa shape index (κ3) is 3.89. The lowest BCUT2D eigenvalue weighted by molar-refractivity contribution is -0.134. The number of H-pyrrole nitrogens is 1. The molecule has 1 spiro atoms. The quantitative estimate of drug-likeness (QED) is 0.532. The van der Waals surface area contributed by atoms with Gasteiger partial charge in [-0.05, 0) is 42.7 Å². The van der Waals surface area contributed by atoms with Crippen LogP contribution in [-0.4, -0.2) is 65.2 Å². The maximum Gasteiger partial charge on any atom is 0.321 e. The summed E-state index contributed by atoms with van der Waals surface area (Å²) in [6, 6.07) is 11.1. The molecular formula is C26H29FN4O4. The van der Waals surface area contributed by atoms with Crippen LogP contribution in [0, 0.1) is 5.82 Å². The summed E-state index contributed by atoms with van der Waals surface area (Å²) in [7, 11) is 1.61. The van der Waals surface area contributed by atoms with E-state index >= 15 is 0 Å². The van der Waals surface area contributed by atoms with Crippen LogP contribution >= 0.6 is 0 Å². The van der Waals surface area contributed by atoms with E-state index in [2.05, 4.69) is 10.3 Å². The predicted molar refractivity (Wildman–Crippen MR) is 130 cm³/mol. The molecule has 3 heterocycles. The van der Waals surface area contributed by atoms with Crippen molar-refractivity contribution in [3.63, 3.8) is 0 Å². The summed E-state index contributed by atoms with van der Waals surface area (Å²) in [4.78, 5) is 32.3. The van der Waals surface area contributed by atoms with E-state index in [4.69, 9.17) is 4.74 Å². The number of aliphatic hydroxyl groups excluding tert-OH is 1. The van der Waals surface area contributed by atoms with Crippen LogP contribution in [0.5, 0.6) is 5.75 Å². The third-order valence-electron chi connectivity index (χ3n) is 7.45. The third-order valence-corrected chi connectivity index (χ3v) is 7.45. The standard InChI is InChI=1S/C26H29FN4O4/c1-16(33)31-15-26(9-11-30(12-10-26)25(34)29-20-6-4-3-5-19(20)27)23-18-8-7-17(35-2)13-21(18)28-24(23)22(31)14-32/h3-8,13,22,28,32H,9-12,14-15H2,1-2H3,(H,29,34)/t22-/m1/s1. The number of rotatable bonds is 3. The second kappa shape index (κ2) is 8.88. The second-order valence-corrected chi connectivity index (χ2v) is 9.35. The van der Waals surface area contributed by atoms with Crippen LogP contribution in [0.3, 0.4) is 0 Å². The largest absolute Gasteiger partial charge is 0.497 e. The van der Waals surface area contributed by atoms with Crippen molar-refractivity contribution >= 4 is 28.5 Å². The summed E-state index contributed by atoms with van der Waals surface area (Å²) < 4.78 is 19.4. The molecule has 2 aliphatic heterocycles. The van der Waals surface area contributed by atoms with Gasteiger partial charge in [-0.1, -0.05) is 12.1 Å². The number of carbonyl (C=O) groups is 2. The van der Waals surface area contributed by atoms with Gasteiger partial charge in [-0.15, -0.1) is 0 Å². The second-order valence-electron chi connectivity index (χ2n) is 9.35. The number of aromatic amines is 1. The first-order valence-corrected chi connectivity index (χ1v) is 11.8. The lowest BCUT2D eigenvalue weighted by Gasteiger charge is -2.50. The SMILES string of the molecule is COc1ccc2c3c([nH]c2c1)[C@@H](CO)N(C(C)=O)CC31CCN(C(=O)Nc2ccccc2F)CC1. The van der Waals surface area contributed by atoms with Crippen LogP contribution < -0.4 is 10.1 Å². The van der Waals surface area contributed by atoms with Crippen molar-refractivity contribution in [2.24, 2.45) is 0 Å². The first-order chi connectivity index (χ1) is 16.9. The lowest BCUT2D eigenvalue weighted by atomic mass is 9.68. The Morgan fingerprint density at radius 3 is 2.63 bits per heavy atom. The van der Waals surface area contributed by atoms with Crippen LogP contribution in [0.15, 0.2) is 42.5 Å². The Kier molecular flexibility index (Phi) is 5.88. The number of amides is 3. The van der Waals surface area contributed by atoms with Gasteiger partial charge in [-0.25, -0.2) is 9.18 Å². The summed E-state index contributed by atoms with van der Waals surface area (Å²) >= 11 is 0. The molecule has 0 radical (unpaired) electrons. The number of urea groups is 1. The van der Waals surface area contributed by atoms with E-state index in [0.29, 0.717) is 38.2 Å². The first-order valence-electron chi connectivity index (χ1n) is 11.8. The number of likely N-dealkylation sites (tertiary alicyclic amines) is 1. The zero-order valence-corrected chi connectivity index (χ0v) is 19.8. The highest BCUT2D eigenvalue weighted by Crippen LogP contribution is 2.49. The van der Waals surface area contributed by atoms with E-state index in [1.54, 1.807) is 29.0 Å². The van der Waals surface area contributed by atoms with Gasteiger partial charge in [0.05, 0.1) is 25.4 Å². The summed E-state index contributed by atoms with van der Waals surface area (Å²) in [5.41, 5.74) is 2.59. The number of ether oxygens (including phenoxy) is 1. The summed E-state index contributed by atoms with van der Waals surface area (Å²) in [6.07, 6.45) is 1.26. The molecule has 3 N–H and O–H groups in total. The number of nitrogens with zero attached hydrogens (tertiary/aromatic N) is 2. The lowest BCUT2D eigenvalue weighted by Crippen LogP contribution is -2.55. The van der Waals surface area contributed by atoms with Crippen LogP contribution in [0.4, 0.5) is 14.9 Å². The monoisotopic (exact) mass is 480 g/mol. The number of hydrogen-bond donors (Lipinski definition) is 3. The van der Waals surface area contributed by atoms with E-state index in [-0.39, 0.29) is 29.6 Å². The van der Waals surface area contributed by atoms with Gasteiger partial charge >= 0.3 is 6.03 Å². The highest BCUT2D eigenvalue weighted by Gasteiger charge is 2.48. The molecule has 1 saturated heterocycles. The van der Waals surface area contributed by atoms with Crippen LogP contribution in [-0.2, 0) is 10.2 Å². The zero-order chi connectivity index (χ0) is 24.7. The summed E-state index contributed by atoms with van der Waals surface area (Å²) in [5, 5.41) is 13.9. The molecule has 2 aromatic carbocycles. The fourth-order valence-electron chi connectivity index (χ4n) is 5.64. The van der Waals surface area contributed by atoms with Gasteiger partial charge < -0.3 is 29.9 Å². The van der Waals surface area contributed by atoms with Gasteiger partial charge in [-0.2, -0.15) is 0 Å². The Morgan fingerprint density at radius 1 is 1.23 bits per heavy atom. The highest BCUT2D eigenvalue weighted by molar-refractivity contribution is 5.90. The molecule has 1 atom stereocenters. The Labute approximate surface area is 202 Å². The Bertz CT molecular complexity index is 1280. The number of piperidine rings is 1. The van der Waals surface area contributed by atoms with E-state index < -0.39 is 11.9 Å². The predicted octanol–water partition coefficient (Wildman–Crippen LogP) is 3.78. The number of para-hydroxylation sites is 1. The molecule has 9 heteroatoms. The fourth-order valence-corrected chi connectivity index (χ4v) is 5.64. The Morgan fingerprint density at radius 2 is 1.97 bits per heavy atom. The van der Waals surface area contributed by atoms with Crippen molar-refractivity contribution < 1.29 is 23.8 Å². The summed E-state index contributed by atoms with van der Waals surface area (Å²) in [6.45, 7) is 2.70. The Balaban J connectivity index is 1.48. The number of benzene rings is 2. The molecule has 1 fully saturated rings. The molecule has 5 rings (SSSR count). The van der Waals surface area contributed by atoms with Gasteiger partial charge in [0, 0.05) is 54.6 Å². The molecule has 2 aliphatic rings. The molecule has 35 heavy (non-hydrogen) atoms. The number of hydrogen-bond acceptors (Lipinski definition) is 4. The van der Waals surface area contributed by atoms with Crippen LogP contribution in [0.2, 0.25) is 0 Å². The normalized spacial score (nSPS) is 19.0. The fraction of sp³-hybridized carbons (Fsp3) is 0.385. The number of aliphatic hydroxyl groups is 1. The van der Waals surface area contributed by atoms with Gasteiger partial charge in [0.2, 0.25) is 5.91 Å². The molecule has 0 saturated carbocycles. The Hall–Kier alpha value is -3.59. The van der Waals surface area contributed by atoms with Gasteiger partial charge in [-0.3, -0.25) is 4.79 Å². The number of halogens is 1. The topological polar surface area (TPSA) is 97.9 Å². The molecule has 3 aromatic rings. The van der Waals surface area contributed by atoms with Crippen molar-refractivity contribution in [1.82, 2.24) is 14.8 Å². The number of methoxy groups -OCH3 is 1. The minimum absolute atomic E-state index is 0.106. The van der Waals surface area contributed by atoms with Crippen molar-refractivity contribution in [2.45, 2.75) is 31.2 Å². The van der Waals surface area contributed by atoms with E-state index in [9.17, 15) is 19.1 Å². The minimum Gasteiger partial charge on any atom is -0.497 e. The van der Waals surface area contributed by atoms with Crippen LogP contribution in [0.1, 0.15) is 37.1 Å². The molecule has 0 aliphatic carbocycles. The summed E-state index contributed by atoms with van der Waals surface area (Å²) in [5.74, 6) is 0.131. The maximum absolute atomic E-state index is 14.0. The van der Waals surface area contributed by atoms with Crippen LogP contribution in [0.25, 0.3) is 10.9 Å². The zero-order valence-electron chi connectivity index (χ0n) is 19.8. The molecular weight excluding hydrogens is 451 g/mol. The van der Waals surface area contributed by atoms with Crippen molar-refractivity contribution in [3.8, 4) is 5.75 Å². The first kappa shape index (κ1) is 23.2. The molecule has 8 nitrogen and oxygen atoms in total. The number of fused-ring (bicyclic) bond motifs is 4. The van der Waals surface area contributed by atoms with Crippen molar-refractivity contribution in [3.05, 3.63) is 59.5 Å². The number of nitrogens with one attached hydrogen (secondary N) is 2. The average Bonchev–Trinajstić information content (AvgIpc) is 3.25. The van der Waals surface area contributed by atoms with Gasteiger partial charge in [0.25, 0.3) is 0 Å². The molecule has 1 aromatic heterocycles. The van der Waals surface area contributed by atoms with E-state index in [1.165, 1.54) is 19.1 Å². The minimum atomic E-state index is -0.479. The van der Waals surface area contributed by atoms with Gasteiger partial charge in [0.15, 0.2) is 0 Å². The van der Waals surface area contributed by atoms with Gasteiger partial charge in [0.1, 0.15) is 11.6 Å². The number of anilines is 1. The van der Waals surface area contributed by atoms with Crippen molar-refractivity contribution in [1.29, 1.82) is 0 Å². The molecule has 3 amide bonds. The van der Waals surface area contributed by atoms with E-state index in [0.717, 1.165) is 22.2 Å². The highest BCUT2D eigenvalue weighted by atomic mass is 19.1.